The summed E-state index contributed by atoms with van der Waals surface area (Å²) in [4.78, 5) is 52.4. The van der Waals surface area contributed by atoms with Crippen LogP contribution in [0.25, 0.3) is 21.8 Å². The average molecular weight is 943 g/mol. The summed E-state index contributed by atoms with van der Waals surface area (Å²) in [7, 11) is 1.46. The standard InChI is InChI=1S/C23H23BrCl2N2O3.C22H22ClFN2O3/c1-4-17(29)27-11-12(3)18-15-10-16(31-5-2)19(25)20(26)21(15)28-22(18)23(30)13-6-8-14(24)9-7-13;1-13(2)18(10-25-12-27)19-11-26(22(28)14-4-6-15(23)7-5-14)21-17(19)8-16(29-3)9-20(21)24/h6-10,12,28H,4-5,11H2,1-3H3,(H,27,29);4-9,11-13,18H,10H2,1-3H3,(H,25,27). The molecule has 316 valence electrons. The van der Waals surface area contributed by atoms with Crippen LogP contribution in [0.3, 0.4) is 0 Å². The van der Waals surface area contributed by atoms with Crippen molar-refractivity contribution < 1.29 is 33.0 Å². The molecule has 0 bridgehead atoms. The molecule has 60 heavy (non-hydrogen) atoms. The van der Waals surface area contributed by atoms with Gasteiger partial charge in [0, 0.05) is 75.0 Å². The van der Waals surface area contributed by atoms with Gasteiger partial charge in [-0.15, -0.1) is 0 Å². The Morgan fingerprint density at radius 3 is 2.18 bits per heavy atom. The van der Waals surface area contributed by atoms with Crippen molar-refractivity contribution >= 4 is 96.5 Å². The highest BCUT2D eigenvalue weighted by atomic mass is 79.9. The zero-order valence-corrected chi connectivity index (χ0v) is 37.7. The molecule has 6 aromatic rings. The van der Waals surface area contributed by atoms with E-state index in [1.807, 2.05) is 39.8 Å². The van der Waals surface area contributed by atoms with Gasteiger partial charge >= 0.3 is 0 Å². The number of aromatic amines is 1. The number of ketones is 1. The maximum Gasteiger partial charge on any atom is 0.262 e. The molecule has 0 aliphatic heterocycles. The minimum atomic E-state index is -0.557. The third kappa shape index (κ3) is 10.2. The van der Waals surface area contributed by atoms with Crippen molar-refractivity contribution in [3.63, 3.8) is 0 Å². The van der Waals surface area contributed by atoms with Crippen molar-refractivity contribution in [2.45, 2.75) is 52.9 Å². The second kappa shape index (κ2) is 20.6. The van der Waals surface area contributed by atoms with Crippen LogP contribution in [0.2, 0.25) is 15.1 Å². The van der Waals surface area contributed by atoms with Crippen molar-refractivity contribution in [2.75, 3.05) is 26.8 Å². The van der Waals surface area contributed by atoms with Crippen molar-refractivity contribution in [1.29, 1.82) is 0 Å². The van der Waals surface area contributed by atoms with Gasteiger partial charge in [-0.1, -0.05) is 78.4 Å². The zero-order valence-electron chi connectivity index (χ0n) is 33.9. The van der Waals surface area contributed by atoms with Crippen LogP contribution in [-0.4, -0.2) is 60.4 Å². The van der Waals surface area contributed by atoms with Gasteiger partial charge in [0.05, 0.1) is 35.5 Å². The van der Waals surface area contributed by atoms with E-state index in [1.165, 1.54) is 17.7 Å². The number of carbonyl (C=O) groups excluding carboxylic acids is 4. The van der Waals surface area contributed by atoms with E-state index in [0.717, 1.165) is 21.0 Å². The largest absolute Gasteiger partial charge is 0.497 e. The molecule has 2 heterocycles. The lowest BCUT2D eigenvalue weighted by atomic mass is 9.88. The van der Waals surface area contributed by atoms with Gasteiger partial charge in [-0.25, -0.2) is 4.39 Å². The summed E-state index contributed by atoms with van der Waals surface area (Å²) in [5.41, 5.74) is 3.62. The Bertz CT molecular complexity index is 2520. The van der Waals surface area contributed by atoms with E-state index < -0.39 is 5.82 Å². The molecule has 0 spiro atoms. The van der Waals surface area contributed by atoms with Crippen LogP contribution in [0.4, 0.5) is 4.39 Å². The summed E-state index contributed by atoms with van der Waals surface area (Å²) in [5.74, 6) is -0.471. The smallest absolute Gasteiger partial charge is 0.262 e. The summed E-state index contributed by atoms with van der Waals surface area (Å²) >= 11 is 22.3. The Morgan fingerprint density at radius 2 is 1.58 bits per heavy atom. The molecule has 2 amide bonds. The Labute approximate surface area is 371 Å². The Hall–Kier alpha value is -4.88. The van der Waals surface area contributed by atoms with Crippen molar-refractivity contribution in [3.8, 4) is 11.5 Å². The first-order valence-corrected chi connectivity index (χ1v) is 21.2. The molecular weight excluding hydrogens is 898 g/mol. The summed E-state index contributed by atoms with van der Waals surface area (Å²) in [6, 6.07) is 18.4. The average Bonchev–Trinajstić information content (AvgIpc) is 3.82. The monoisotopic (exact) mass is 940 g/mol. The van der Waals surface area contributed by atoms with E-state index in [0.29, 0.717) is 86.8 Å². The first-order valence-electron chi connectivity index (χ1n) is 19.2. The number of ether oxygens (including phenoxy) is 2. The minimum absolute atomic E-state index is 0.0523. The van der Waals surface area contributed by atoms with Crippen LogP contribution in [0.5, 0.6) is 11.5 Å². The molecule has 0 saturated carbocycles. The molecule has 4 aromatic carbocycles. The van der Waals surface area contributed by atoms with Crippen LogP contribution < -0.4 is 20.1 Å². The highest BCUT2D eigenvalue weighted by Crippen LogP contribution is 2.43. The Morgan fingerprint density at radius 1 is 0.917 bits per heavy atom. The number of methoxy groups -OCH3 is 1. The Kier molecular flexibility index (Phi) is 15.9. The number of H-pyrrole nitrogens is 1. The normalized spacial score (nSPS) is 12.1. The highest BCUT2D eigenvalue weighted by Gasteiger charge is 2.28. The molecule has 10 nitrogen and oxygen atoms in total. The molecule has 2 unspecified atom stereocenters. The summed E-state index contributed by atoms with van der Waals surface area (Å²) in [6.07, 6.45) is 2.68. The van der Waals surface area contributed by atoms with Crippen LogP contribution >= 0.6 is 50.7 Å². The third-order valence-corrected chi connectivity index (χ3v) is 11.7. The topological polar surface area (TPSA) is 132 Å². The predicted octanol–water partition coefficient (Wildman–Crippen LogP) is 11.1. The van der Waals surface area contributed by atoms with Gasteiger partial charge in [-0.3, -0.25) is 23.7 Å². The molecule has 0 radical (unpaired) electrons. The number of aromatic nitrogens is 2. The lowest BCUT2D eigenvalue weighted by Gasteiger charge is -2.20. The molecule has 0 saturated heterocycles. The van der Waals surface area contributed by atoms with Gasteiger partial charge < -0.3 is 25.1 Å². The molecule has 0 aliphatic rings. The van der Waals surface area contributed by atoms with Crippen LogP contribution in [0.1, 0.15) is 90.4 Å². The molecule has 0 fully saturated rings. The first kappa shape index (κ1) is 46.2. The SMILES string of the molecule is CCOc1cc2c(C(C)CNC(=O)CC)c(C(=O)c3ccc(Br)cc3)[nH]c2c(Cl)c1Cl.COc1cc(F)c2c(c1)c(C(CNC=O)C(C)C)cn2C(=O)c1ccc(Cl)cc1. The van der Waals surface area contributed by atoms with E-state index in [2.05, 4.69) is 31.5 Å². The highest BCUT2D eigenvalue weighted by molar-refractivity contribution is 9.10. The van der Waals surface area contributed by atoms with Crippen molar-refractivity contribution in [1.82, 2.24) is 20.2 Å². The van der Waals surface area contributed by atoms with Gasteiger partial charge in [-0.05, 0) is 84.6 Å². The fourth-order valence-electron chi connectivity index (χ4n) is 6.95. The summed E-state index contributed by atoms with van der Waals surface area (Å²) in [6.45, 7) is 10.8. The molecule has 2 atom stereocenters. The quantitative estimate of drug-likeness (QED) is 0.0694. The fraction of sp³-hybridized carbons (Fsp3) is 0.289. The van der Waals surface area contributed by atoms with E-state index in [1.54, 1.807) is 61.7 Å². The number of nitrogens with zero attached hydrogens (tertiary/aromatic N) is 1. The molecular formula is C45H45BrCl3FN4O6. The Balaban J connectivity index is 0.000000228. The van der Waals surface area contributed by atoms with E-state index in [-0.39, 0.29) is 40.9 Å². The van der Waals surface area contributed by atoms with Crippen molar-refractivity contribution in [2.24, 2.45) is 5.92 Å². The third-order valence-electron chi connectivity index (χ3n) is 10.1. The van der Waals surface area contributed by atoms with Crippen LogP contribution in [-0.2, 0) is 9.59 Å². The number of benzene rings is 4. The number of hydrogen-bond donors (Lipinski definition) is 3. The van der Waals surface area contributed by atoms with E-state index >= 15 is 4.39 Å². The van der Waals surface area contributed by atoms with Crippen LogP contribution in [0.15, 0.2) is 77.4 Å². The van der Waals surface area contributed by atoms with Crippen molar-refractivity contribution in [3.05, 3.63) is 126 Å². The number of rotatable bonds is 15. The number of halogens is 5. The maximum atomic E-state index is 15.0. The van der Waals surface area contributed by atoms with E-state index in [4.69, 9.17) is 44.3 Å². The van der Waals surface area contributed by atoms with Gasteiger partial charge in [0.2, 0.25) is 18.1 Å². The van der Waals surface area contributed by atoms with E-state index in [9.17, 15) is 19.2 Å². The lowest BCUT2D eigenvalue weighted by Crippen LogP contribution is -2.27. The lowest BCUT2D eigenvalue weighted by molar-refractivity contribution is -0.120. The molecule has 2 aromatic heterocycles. The van der Waals surface area contributed by atoms with Gasteiger partial charge in [-0.2, -0.15) is 0 Å². The number of fused-ring (bicyclic) bond motifs is 2. The second-order valence-corrected chi connectivity index (χ2v) is 16.4. The maximum absolute atomic E-state index is 15.0. The second-order valence-electron chi connectivity index (χ2n) is 14.3. The predicted molar refractivity (Wildman–Crippen MR) is 240 cm³/mol. The minimum Gasteiger partial charge on any atom is -0.497 e. The fourth-order valence-corrected chi connectivity index (χ4v) is 7.79. The number of amides is 2. The summed E-state index contributed by atoms with van der Waals surface area (Å²) in [5, 5.41) is 8.02. The molecule has 0 aliphatic carbocycles. The molecule has 3 N–H and O–H groups in total. The zero-order chi connectivity index (χ0) is 43.8. The number of hydrogen-bond acceptors (Lipinski definition) is 6. The van der Waals surface area contributed by atoms with Gasteiger partial charge in [0.15, 0.2) is 5.82 Å². The molecule has 6 rings (SSSR count). The first-order chi connectivity index (χ1) is 28.6. The van der Waals surface area contributed by atoms with Gasteiger partial charge in [0.25, 0.3) is 5.91 Å². The van der Waals surface area contributed by atoms with Crippen LogP contribution in [0, 0.1) is 11.7 Å². The van der Waals surface area contributed by atoms with Gasteiger partial charge in [0.1, 0.15) is 16.5 Å². The molecule has 15 heteroatoms. The number of carbonyl (C=O) groups is 4. The summed E-state index contributed by atoms with van der Waals surface area (Å²) < 4.78 is 28.1. The number of nitrogens with one attached hydrogen (secondary N) is 3.